The zero-order valence-corrected chi connectivity index (χ0v) is 13.5. The fourth-order valence-corrected chi connectivity index (χ4v) is 0.750. The van der Waals surface area contributed by atoms with E-state index in [0.717, 1.165) is 39.3 Å². The van der Waals surface area contributed by atoms with Crippen molar-refractivity contribution in [3.05, 3.63) is 0 Å². The van der Waals surface area contributed by atoms with Crippen LogP contribution in [0.2, 0.25) is 0 Å². The standard InChI is InChI=1S/3C4H11N.Al/c3*1-3-5-4-2;/h3*5H,3-4H2,1-2H3;/q;;;+3. The molecule has 0 aliphatic carbocycles. The SMILES string of the molecule is CCNCC.CCNCC.CCNCC.[Al+3]. The van der Waals surface area contributed by atoms with Crippen LogP contribution in [0.15, 0.2) is 0 Å². The van der Waals surface area contributed by atoms with E-state index in [1.807, 2.05) is 0 Å². The maximum atomic E-state index is 3.11. The summed E-state index contributed by atoms with van der Waals surface area (Å²) in [6.07, 6.45) is 0. The van der Waals surface area contributed by atoms with Crippen molar-refractivity contribution in [3.8, 4) is 0 Å². The van der Waals surface area contributed by atoms with Gasteiger partial charge in [-0.25, -0.2) is 0 Å². The summed E-state index contributed by atoms with van der Waals surface area (Å²) in [7, 11) is 0. The van der Waals surface area contributed by atoms with Gasteiger partial charge in [-0.2, -0.15) is 0 Å². The van der Waals surface area contributed by atoms with E-state index in [0.29, 0.717) is 0 Å². The molecule has 0 radical (unpaired) electrons. The van der Waals surface area contributed by atoms with Crippen molar-refractivity contribution in [1.29, 1.82) is 0 Å². The smallest absolute Gasteiger partial charge is 0.317 e. The summed E-state index contributed by atoms with van der Waals surface area (Å²) in [5.41, 5.74) is 0. The molecule has 96 valence electrons. The number of hydrogen-bond acceptors (Lipinski definition) is 3. The molecule has 0 saturated heterocycles. The molecule has 0 amide bonds. The van der Waals surface area contributed by atoms with Crippen LogP contribution in [0.5, 0.6) is 0 Å². The third-order valence-corrected chi connectivity index (χ3v) is 1.50. The molecule has 0 aliphatic rings. The van der Waals surface area contributed by atoms with Gasteiger partial charge in [-0.1, -0.05) is 41.5 Å². The molecular weight excluding hydrogens is 213 g/mol. The van der Waals surface area contributed by atoms with Gasteiger partial charge in [0.15, 0.2) is 0 Å². The van der Waals surface area contributed by atoms with Gasteiger partial charge < -0.3 is 16.0 Å². The van der Waals surface area contributed by atoms with Gasteiger partial charge in [0, 0.05) is 0 Å². The zero-order valence-electron chi connectivity index (χ0n) is 12.3. The Morgan fingerprint density at radius 3 is 0.562 bits per heavy atom. The first-order chi connectivity index (χ1) is 7.24. The Kier molecular flexibility index (Phi) is 57.2. The third-order valence-electron chi connectivity index (χ3n) is 1.50. The van der Waals surface area contributed by atoms with Gasteiger partial charge in [0.2, 0.25) is 0 Å². The minimum Gasteiger partial charge on any atom is -0.317 e. The van der Waals surface area contributed by atoms with E-state index in [2.05, 4.69) is 57.5 Å². The van der Waals surface area contributed by atoms with Gasteiger partial charge >= 0.3 is 17.4 Å². The van der Waals surface area contributed by atoms with Crippen molar-refractivity contribution in [2.75, 3.05) is 39.3 Å². The van der Waals surface area contributed by atoms with Crippen LogP contribution in [-0.4, -0.2) is 56.6 Å². The quantitative estimate of drug-likeness (QED) is 0.621. The summed E-state index contributed by atoms with van der Waals surface area (Å²) in [6.45, 7) is 19.2. The van der Waals surface area contributed by atoms with Gasteiger partial charge in [-0.05, 0) is 39.3 Å². The van der Waals surface area contributed by atoms with Crippen molar-refractivity contribution in [1.82, 2.24) is 16.0 Å². The van der Waals surface area contributed by atoms with E-state index in [4.69, 9.17) is 0 Å². The summed E-state index contributed by atoms with van der Waals surface area (Å²) in [5, 5.41) is 9.33. The molecule has 0 aromatic carbocycles. The van der Waals surface area contributed by atoms with Crippen molar-refractivity contribution < 1.29 is 0 Å². The van der Waals surface area contributed by atoms with Crippen LogP contribution in [0.25, 0.3) is 0 Å². The molecule has 16 heavy (non-hydrogen) atoms. The largest absolute Gasteiger partial charge is 3.00 e. The van der Waals surface area contributed by atoms with Gasteiger partial charge in [0.25, 0.3) is 0 Å². The molecule has 4 heteroatoms. The van der Waals surface area contributed by atoms with E-state index in [1.165, 1.54) is 0 Å². The fraction of sp³-hybridized carbons (Fsp3) is 1.00. The van der Waals surface area contributed by atoms with E-state index < -0.39 is 0 Å². The normalized spacial score (nSPS) is 7.88. The second kappa shape index (κ2) is 36.1. The molecule has 3 nitrogen and oxygen atoms in total. The Morgan fingerprint density at radius 2 is 0.562 bits per heavy atom. The number of nitrogens with one attached hydrogen (secondary N) is 3. The second-order valence-electron chi connectivity index (χ2n) is 2.87. The van der Waals surface area contributed by atoms with E-state index in [-0.39, 0.29) is 17.4 Å². The molecule has 0 bridgehead atoms. The van der Waals surface area contributed by atoms with E-state index in [9.17, 15) is 0 Å². The molecule has 0 rings (SSSR count). The van der Waals surface area contributed by atoms with Crippen LogP contribution in [0.4, 0.5) is 0 Å². The van der Waals surface area contributed by atoms with Gasteiger partial charge in [0.1, 0.15) is 0 Å². The molecule has 0 fully saturated rings. The van der Waals surface area contributed by atoms with E-state index in [1.54, 1.807) is 0 Å². The van der Waals surface area contributed by atoms with Gasteiger partial charge in [-0.15, -0.1) is 0 Å². The first kappa shape index (κ1) is 25.3. The fourth-order valence-electron chi connectivity index (χ4n) is 0.750. The average molecular weight is 246 g/mol. The Morgan fingerprint density at radius 1 is 0.438 bits per heavy atom. The Bertz CT molecular complexity index is 53.0. The third kappa shape index (κ3) is 63.1. The van der Waals surface area contributed by atoms with Crippen LogP contribution < -0.4 is 16.0 Å². The Hall–Kier alpha value is 0.412. The molecule has 0 unspecified atom stereocenters. The summed E-state index contributed by atoms with van der Waals surface area (Å²) in [5.74, 6) is 0. The van der Waals surface area contributed by atoms with Crippen LogP contribution in [0.3, 0.4) is 0 Å². The van der Waals surface area contributed by atoms with Crippen molar-refractivity contribution in [3.63, 3.8) is 0 Å². The molecule has 0 saturated carbocycles. The van der Waals surface area contributed by atoms with Crippen LogP contribution in [0, 0.1) is 0 Å². The summed E-state index contributed by atoms with van der Waals surface area (Å²) in [6, 6.07) is 0. The summed E-state index contributed by atoms with van der Waals surface area (Å²) < 4.78 is 0. The van der Waals surface area contributed by atoms with Gasteiger partial charge in [-0.3, -0.25) is 0 Å². The minimum atomic E-state index is 0. The van der Waals surface area contributed by atoms with Crippen molar-refractivity contribution >= 4 is 17.4 Å². The number of hydrogen-bond donors (Lipinski definition) is 3. The summed E-state index contributed by atoms with van der Waals surface area (Å²) in [4.78, 5) is 0. The molecular formula is C12H33AlN3+3. The first-order valence-corrected chi connectivity index (χ1v) is 6.36. The Balaban J connectivity index is -0.0000000655. The molecule has 3 N–H and O–H groups in total. The maximum absolute atomic E-state index is 3.11. The maximum Gasteiger partial charge on any atom is 3.00 e. The van der Waals surface area contributed by atoms with E-state index >= 15 is 0 Å². The van der Waals surface area contributed by atoms with Crippen LogP contribution in [-0.2, 0) is 0 Å². The molecule has 0 aromatic heterocycles. The predicted octanol–water partition coefficient (Wildman–Crippen LogP) is 1.47. The van der Waals surface area contributed by atoms with Crippen molar-refractivity contribution in [2.45, 2.75) is 41.5 Å². The molecule has 0 spiro atoms. The van der Waals surface area contributed by atoms with Gasteiger partial charge in [0.05, 0.1) is 0 Å². The molecule has 0 atom stereocenters. The monoisotopic (exact) mass is 246 g/mol. The topological polar surface area (TPSA) is 36.1 Å². The van der Waals surface area contributed by atoms with Crippen molar-refractivity contribution in [2.24, 2.45) is 0 Å². The zero-order chi connectivity index (χ0) is 12.4. The Labute approximate surface area is 114 Å². The average Bonchev–Trinajstić information content (AvgIpc) is 2.23. The second-order valence-corrected chi connectivity index (χ2v) is 2.87. The molecule has 0 aliphatic heterocycles. The first-order valence-electron chi connectivity index (χ1n) is 6.36. The van der Waals surface area contributed by atoms with Crippen LogP contribution in [0.1, 0.15) is 41.5 Å². The number of rotatable bonds is 6. The minimum absolute atomic E-state index is 0. The summed E-state index contributed by atoms with van der Waals surface area (Å²) >= 11 is 0. The predicted molar refractivity (Wildman–Crippen MR) is 78.4 cm³/mol. The molecule has 0 aromatic rings. The van der Waals surface area contributed by atoms with Crippen LogP contribution >= 0.6 is 0 Å². The molecule has 0 heterocycles.